The van der Waals surface area contributed by atoms with Crippen molar-refractivity contribution >= 4 is 17.0 Å². The van der Waals surface area contributed by atoms with Crippen LogP contribution in [0.1, 0.15) is 36.8 Å². The van der Waals surface area contributed by atoms with Gasteiger partial charge in [0.1, 0.15) is 23.5 Å². The molecular weight excluding hydrogens is 321 g/mol. The van der Waals surface area contributed by atoms with Gasteiger partial charge in [0, 0.05) is 0 Å². The number of nitrogens with zero attached hydrogens (tertiary/aromatic N) is 2. The Labute approximate surface area is 144 Å². The van der Waals surface area contributed by atoms with Crippen molar-refractivity contribution in [3.8, 4) is 0 Å². The molecule has 6 heteroatoms. The molecule has 0 spiro atoms. The summed E-state index contributed by atoms with van der Waals surface area (Å²) in [7, 11) is 0. The normalized spacial score (nSPS) is 16.2. The molecule has 1 aliphatic carbocycles. The molecule has 25 heavy (non-hydrogen) atoms. The van der Waals surface area contributed by atoms with Crippen molar-refractivity contribution < 1.29 is 13.9 Å². The van der Waals surface area contributed by atoms with Crippen LogP contribution in [0.4, 0.5) is 4.39 Å². The lowest BCUT2D eigenvalue weighted by atomic mass is 9.79. The molecular formula is C19H18FN3O2. The van der Waals surface area contributed by atoms with E-state index in [0.29, 0.717) is 18.4 Å². The van der Waals surface area contributed by atoms with Crippen LogP contribution in [-0.4, -0.2) is 21.4 Å². The minimum Gasteiger partial charge on any atom is -0.460 e. The number of fused-ring (bicyclic) bond motifs is 1. The Kier molecular flexibility index (Phi) is 3.95. The van der Waals surface area contributed by atoms with Crippen molar-refractivity contribution in [1.82, 2.24) is 15.4 Å². The molecule has 1 aromatic heterocycles. The predicted molar refractivity (Wildman–Crippen MR) is 90.2 cm³/mol. The van der Waals surface area contributed by atoms with E-state index >= 15 is 0 Å². The van der Waals surface area contributed by atoms with E-state index in [4.69, 9.17) is 4.74 Å². The van der Waals surface area contributed by atoms with Gasteiger partial charge < -0.3 is 4.74 Å². The summed E-state index contributed by atoms with van der Waals surface area (Å²) < 4.78 is 19.3. The van der Waals surface area contributed by atoms with Gasteiger partial charge in [-0.2, -0.15) is 15.4 Å². The first-order valence-electron chi connectivity index (χ1n) is 8.40. The standard InChI is InChI=1S/C19H18FN3O2/c20-15-5-3-4-14(11-15)19(8-1-2-9-19)18(24)25-12-13-6-7-16-17(10-13)22-23-21-16/h3-7,10-11H,1-2,8-9,12H2,(H,21,22,23). The maximum absolute atomic E-state index is 13.7. The van der Waals surface area contributed by atoms with Crippen LogP contribution in [0, 0.1) is 5.82 Å². The monoisotopic (exact) mass is 339 g/mol. The number of carbonyl (C=O) groups is 1. The van der Waals surface area contributed by atoms with Gasteiger partial charge in [-0.05, 0) is 48.2 Å². The van der Waals surface area contributed by atoms with E-state index in [0.717, 1.165) is 29.4 Å². The molecule has 0 amide bonds. The summed E-state index contributed by atoms with van der Waals surface area (Å²) in [5.74, 6) is -0.607. The third kappa shape index (κ3) is 2.88. The average molecular weight is 339 g/mol. The van der Waals surface area contributed by atoms with Gasteiger partial charge in [-0.1, -0.05) is 31.0 Å². The molecule has 128 valence electrons. The van der Waals surface area contributed by atoms with E-state index in [1.54, 1.807) is 6.07 Å². The molecule has 3 aromatic rings. The zero-order chi connectivity index (χ0) is 17.3. The van der Waals surface area contributed by atoms with E-state index in [-0.39, 0.29) is 18.4 Å². The summed E-state index contributed by atoms with van der Waals surface area (Å²) >= 11 is 0. The van der Waals surface area contributed by atoms with Crippen LogP contribution in [0.3, 0.4) is 0 Å². The molecule has 2 aromatic carbocycles. The fourth-order valence-corrected chi connectivity index (χ4v) is 3.64. The molecule has 0 atom stereocenters. The van der Waals surface area contributed by atoms with Crippen molar-refractivity contribution in [1.29, 1.82) is 0 Å². The van der Waals surface area contributed by atoms with Crippen molar-refractivity contribution in [2.24, 2.45) is 0 Å². The van der Waals surface area contributed by atoms with Crippen LogP contribution in [0.5, 0.6) is 0 Å². The second-order valence-corrected chi connectivity index (χ2v) is 6.52. The molecule has 5 nitrogen and oxygen atoms in total. The molecule has 0 aliphatic heterocycles. The molecule has 0 radical (unpaired) electrons. The van der Waals surface area contributed by atoms with Crippen LogP contribution in [0.25, 0.3) is 11.0 Å². The van der Waals surface area contributed by atoms with Gasteiger partial charge in [-0.3, -0.25) is 4.79 Å². The number of hydrogen-bond donors (Lipinski definition) is 1. The van der Waals surface area contributed by atoms with Gasteiger partial charge in [0.15, 0.2) is 0 Å². The summed E-state index contributed by atoms with van der Waals surface area (Å²) in [5.41, 5.74) is 2.32. The fourth-order valence-electron chi connectivity index (χ4n) is 3.64. The highest BCUT2D eigenvalue weighted by Crippen LogP contribution is 2.42. The largest absolute Gasteiger partial charge is 0.460 e. The molecule has 1 saturated carbocycles. The van der Waals surface area contributed by atoms with Gasteiger partial charge in [0.2, 0.25) is 0 Å². The quantitative estimate of drug-likeness (QED) is 0.737. The van der Waals surface area contributed by atoms with E-state index in [1.165, 1.54) is 12.1 Å². The summed E-state index contributed by atoms with van der Waals surface area (Å²) in [4.78, 5) is 12.9. The average Bonchev–Trinajstić information content (AvgIpc) is 3.29. The Morgan fingerprint density at radius 1 is 1.12 bits per heavy atom. The smallest absolute Gasteiger partial charge is 0.316 e. The highest BCUT2D eigenvalue weighted by molar-refractivity contribution is 5.83. The molecule has 1 aliphatic rings. The Morgan fingerprint density at radius 2 is 1.92 bits per heavy atom. The van der Waals surface area contributed by atoms with Gasteiger partial charge in [0.05, 0.1) is 5.41 Å². The van der Waals surface area contributed by atoms with E-state index in [1.807, 2.05) is 24.3 Å². The number of nitrogens with one attached hydrogen (secondary N) is 1. The maximum Gasteiger partial charge on any atom is 0.316 e. The molecule has 0 unspecified atom stereocenters. The molecule has 4 rings (SSSR count). The number of ether oxygens (including phenoxy) is 1. The van der Waals surface area contributed by atoms with Gasteiger partial charge in [0.25, 0.3) is 0 Å². The molecule has 1 heterocycles. The van der Waals surface area contributed by atoms with Crippen molar-refractivity contribution in [3.63, 3.8) is 0 Å². The Bertz CT molecular complexity index is 916. The van der Waals surface area contributed by atoms with Crippen molar-refractivity contribution in [2.45, 2.75) is 37.7 Å². The number of aromatic nitrogens is 3. The Morgan fingerprint density at radius 3 is 2.72 bits per heavy atom. The number of benzene rings is 2. The zero-order valence-electron chi connectivity index (χ0n) is 13.7. The van der Waals surface area contributed by atoms with Gasteiger partial charge >= 0.3 is 5.97 Å². The minimum atomic E-state index is -0.736. The Hall–Kier alpha value is -2.76. The summed E-state index contributed by atoms with van der Waals surface area (Å²) in [6, 6.07) is 11.9. The first kappa shape index (κ1) is 15.7. The molecule has 0 bridgehead atoms. The summed E-state index contributed by atoms with van der Waals surface area (Å²) in [6.45, 7) is 0.165. The SMILES string of the molecule is O=C(OCc1ccc2n[nH]nc2c1)C1(c2cccc(F)c2)CCCC1. The highest BCUT2D eigenvalue weighted by Gasteiger charge is 2.44. The number of esters is 1. The van der Waals surface area contributed by atoms with Crippen LogP contribution < -0.4 is 0 Å². The molecule has 0 saturated heterocycles. The van der Waals surface area contributed by atoms with E-state index in [2.05, 4.69) is 15.4 Å². The van der Waals surface area contributed by atoms with Gasteiger partial charge in [-0.15, -0.1) is 0 Å². The summed E-state index contributed by atoms with van der Waals surface area (Å²) in [5, 5.41) is 10.6. The van der Waals surface area contributed by atoms with Crippen LogP contribution >= 0.6 is 0 Å². The summed E-state index contributed by atoms with van der Waals surface area (Å²) in [6.07, 6.45) is 3.27. The number of halogens is 1. The van der Waals surface area contributed by atoms with Crippen molar-refractivity contribution in [2.75, 3.05) is 0 Å². The third-order valence-electron chi connectivity index (χ3n) is 4.98. The number of aromatic amines is 1. The number of rotatable bonds is 4. The van der Waals surface area contributed by atoms with Crippen molar-refractivity contribution in [3.05, 3.63) is 59.4 Å². The lowest BCUT2D eigenvalue weighted by molar-refractivity contribution is -0.152. The van der Waals surface area contributed by atoms with Gasteiger partial charge in [-0.25, -0.2) is 4.39 Å². The van der Waals surface area contributed by atoms with Crippen LogP contribution in [-0.2, 0) is 21.6 Å². The minimum absolute atomic E-state index is 0.165. The Balaban J connectivity index is 1.55. The van der Waals surface area contributed by atoms with Crippen LogP contribution in [0.2, 0.25) is 0 Å². The number of hydrogen-bond acceptors (Lipinski definition) is 4. The highest BCUT2D eigenvalue weighted by atomic mass is 19.1. The van der Waals surface area contributed by atoms with E-state index < -0.39 is 5.41 Å². The topological polar surface area (TPSA) is 67.9 Å². The third-order valence-corrected chi connectivity index (χ3v) is 4.98. The lowest BCUT2D eigenvalue weighted by Gasteiger charge is -2.27. The lowest BCUT2D eigenvalue weighted by Crippen LogP contribution is -2.34. The number of carbonyl (C=O) groups excluding carboxylic acids is 1. The number of H-pyrrole nitrogens is 1. The van der Waals surface area contributed by atoms with Crippen LogP contribution in [0.15, 0.2) is 42.5 Å². The maximum atomic E-state index is 13.7. The molecule has 1 N–H and O–H groups in total. The van der Waals surface area contributed by atoms with E-state index in [9.17, 15) is 9.18 Å². The second kappa shape index (κ2) is 6.27. The first-order chi connectivity index (χ1) is 12.2. The predicted octanol–water partition coefficient (Wildman–Crippen LogP) is 3.65. The molecule has 1 fully saturated rings. The fraction of sp³-hybridized carbons (Fsp3) is 0.316. The zero-order valence-corrected chi connectivity index (χ0v) is 13.7. The second-order valence-electron chi connectivity index (χ2n) is 6.52. The first-order valence-corrected chi connectivity index (χ1v) is 8.40.